The van der Waals surface area contributed by atoms with Crippen molar-refractivity contribution in [3.05, 3.63) is 29.8 Å². The van der Waals surface area contributed by atoms with Gasteiger partial charge in [0, 0.05) is 33.0 Å². The zero-order valence-corrected chi connectivity index (χ0v) is 15.7. The summed E-state index contributed by atoms with van der Waals surface area (Å²) in [6.45, 7) is 4.27. The Balaban J connectivity index is 1.93. The van der Waals surface area contributed by atoms with Gasteiger partial charge in [-0.25, -0.2) is 4.79 Å². The van der Waals surface area contributed by atoms with Gasteiger partial charge in [0.2, 0.25) is 11.6 Å². The molecule has 3 rings (SSSR count). The second-order valence-corrected chi connectivity index (χ2v) is 6.57. The van der Waals surface area contributed by atoms with Gasteiger partial charge >= 0.3 is 5.97 Å². The molecule has 0 radical (unpaired) electrons. The summed E-state index contributed by atoms with van der Waals surface area (Å²) in [6.07, 6.45) is 0.242. The maximum Gasteiger partial charge on any atom is 0.354 e. The summed E-state index contributed by atoms with van der Waals surface area (Å²) in [6, 6.07) is 6.69. The quantitative estimate of drug-likeness (QED) is 0.719. The Hall–Kier alpha value is -2.90. The fraction of sp³-hybridized carbons (Fsp3) is 0.474. The van der Waals surface area contributed by atoms with Crippen molar-refractivity contribution in [2.24, 2.45) is 0 Å². The van der Waals surface area contributed by atoms with Crippen molar-refractivity contribution < 1.29 is 23.9 Å². The Morgan fingerprint density at radius 2 is 1.85 bits per heavy atom. The van der Waals surface area contributed by atoms with E-state index in [1.807, 2.05) is 13.8 Å². The summed E-state index contributed by atoms with van der Waals surface area (Å²) in [5.74, 6) is -1.69. The fourth-order valence-electron chi connectivity index (χ4n) is 3.80. The fourth-order valence-corrected chi connectivity index (χ4v) is 3.80. The van der Waals surface area contributed by atoms with Crippen LogP contribution in [0, 0.1) is 0 Å². The molecule has 0 spiro atoms. The van der Waals surface area contributed by atoms with Crippen LogP contribution >= 0.6 is 0 Å². The van der Waals surface area contributed by atoms with E-state index < -0.39 is 18.2 Å². The number of esters is 1. The van der Waals surface area contributed by atoms with E-state index in [9.17, 15) is 19.2 Å². The molecule has 0 aromatic heterocycles. The van der Waals surface area contributed by atoms with Gasteiger partial charge in [-0.05, 0) is 26.0 Å². The molecule has 2 heterocycles. The number of carbonyl (C=O) groups excluding carboxylic acids is 4. The summed E-state index contributed by atoms with van der Waals surface area (Å²) >= 11 is 0. The van der Waals surface area contributed by atoms with Crippen LogP contribution in [0.4, 0.5) is 5.69 Å². The van der Waals surface area contributed by atoms with Crippen LogP contribution in [-0.2, 0) is 19.1 Å². The molecule has 8 nitrogen and oxygen atoms in total. The number of fused-ring (bicyclic) bond motifs is 3. The molecule has 27 heavy (non-hydrogen) atoms. The van der Waals surface area contributed by atoms with Gasteiger partial charge < -0.3 is 14.5 Å². The first-order valence-corrected chi connectivity index (χ1v) is 9.03. The first kappa shape index (κ1) is 18.9. The van der Waals surface area contributed by atoms with Crippen LogP contribution in [0.15, 0.2) is 24.3 Å². The highest BCUT2D eigenvalue weighted by Crippen LogP contribution is 2.44. The highest BCUT2D eigenvalue weighted by Gasteiger charge is 2.60. The summed E-state index contributed by atoms with van der Waals surface area (Å²) < 4.78 is 5.30. The van der Waals surface area contributed by atoms with Crippen LogP contribution < -0.4 is 4.90 Å². The minimum Gasteiger partial charge on any atom is -0.452 e. The summed E-state index contributed by atoms with van der Waals surface area (Å²) in [5, 5.41) is 0. The van der Waals surface area contributed by atoms with Crippen molar-refractivity contribution in [2.45, 2.75) is 32.4 Å². The van der Waals surface area contributed by atoms with Gasteiger partial charge in [-0.1, -0.05) is 12.1 Å². The van der Waals surface area contributed by atoms with E-state index in [-0.39, 0.29) is 30.6 Å². The first-order chi connectivity index (χ1) is 12.9. The summed E-state index contributed by atoms with van der Waals surface area (Å²) in [7, 11) is 1.48. The smallest absolute Gasteiger partial charge is 0.354 e. The number of nitrogens with zero attached hydrogens (tertiary/aromatic N) is 3. The van der Waals surface area contributed by atoms with E-state index in [1.54, 1.807) is 29.2 Å². The Kier molecular flexibility index (Phi) is 4.91. The minimum absolute atomic E-state index is 0.116. The van der Waals surface area contributed by atoms with E-state index in [2.05, 4.69) is 0 Å². The van der Waals surface area contributed by atoms with Crippen LogP contribution in [0.2, 0.25) is 0 Å². The molecule has 1 aromatic rings. The molecule has 8 heteroatoms. The molecule has 2 aliphatic heterocycles. The summed E-state index contributed by atoms with van der Waals surface area (Å²) in [5.41, 5.74) is -0.792. The van der Waals surface area contributed by atoms with Crippen molar-refractivity contribution in [3.63, 3.8) is 0 Å². The predicted octanol–water partition coefficient (Wildman–Crippen LogP) is 1.01. The lowest BCUT2D eigenvalue weighted by Gasteiger charge is -2.46. The third kappa shape index (κ3) is 2.75. The number of ether oxygens (including phenoxy) is 1. The third-order valence-electron chi connectivity index (χ3n) is 5.31. The van der Waals surface area contributed by atoms with Crippen LogP contribution in [-0.4, -0.2) is 65.9 Å². The van der Waals surface area contributed by atoms with Gasteiger partial charge in [0.15, 0.2) is 6.61 Å². The maximum atomic E-state index is 13.0. The van der Waals surface area contributed by atoms with Crippen LogP contribution in [0.5, 0.6) is 0 Å². The number of hydrogen-bond acceptors (Lipinski definition) is 5. The Bertz CT molecular complexity index is 804. The average molecular weight is 373 g/mol. The van der Waals surface area contributed by atoms with Gasteiger partial charge in [-0.3, -0.25) is 19.3 Å². The van der Waals surface area contributed by atoms with Gasteiger partial charge in [-0.15, -0.1) is 0 Å². The first-order valence-electron chi connectivity index (χ1n) is 9.03. The van der Waals surface area contributed by atoms with Gasteiger partial charge in [-0.2, -0.15) is 0 Å². The lowest BCUT2D eigenvalue weighted by molar-refractivity contribution is -0.161. The SMILES string of the molecule is CCN(CC)C(=O)COC(=O)[C@@]12CCC(=O)N1c1ccccc1C(=O)N2C. The molecule has 3 amide bonds. The highest BCUT2D eigenvalue weighted by atomic mass is 16.5. The molecule has 0 N–H and O–H groups in total. The second-order valence-electron chi connectivity index (χ2n) is 6.57. The minimum atomic E-state index is -1.55. The number of carbonyl (C=O) groups is 4. The summed E-state index contributed by atoms with van der Waals surface area (Å²) in [4.78, 5) is 54.8. The molecule has 0 bridgehead atoms. The Morgan fingerprint density at radius 3 is 2.52 bits per heavy atom. The molecule has 1 saturated heterocycles. The molecule has 1 fully saturated rings. The number of hydrogen-bond donors (Lipinski definition) is 0. The van der Waals surface area contributed by atoms with Crippen LogP contribution in [0.25, 0.3) is 0 Å². The van der Waals surface area contributed by atoms with Crippen LogP contribution in [0.3, 0.4) is 0 Å². The van der Waals surface area contributed by atoms with Crippen molar-refractivity contribution >= 4 is 29.4 Å². The third-order valence-corrected chi connectivity index (χ3v) is 5.31. The highest BCUT2D eigenvalue weighted by molar-refractivity contribution is 6.15. The largest absolute Gasteiger partial charge is 0.452 e. The molecule has 0 unspecified atom stereocenters. The van der Waals surface area contributed by atoms with E-state index in [0.717, 1.165) is 0 Å². The van der Waals surface area contributed by atoms with Crippen LogP contribution in [0.1, 0.15) is 37.0 Å². The molecular formula is C19H23N3O5. The number of anilines is 1. The van der Waals surface area contributed by atoms with Gasteiger partial charge in [0.1, 0.15) is 0 Å². The van der Waals surface area contributed by atoms with E-state index in [4.69, 9.17) is 4.74 Å². The van der Waals surface area contributed by atoms with Crippen molar-refractivity contribution in [3.8, 4) is 0 Å². The standard InChI is InChI=1S/C19H23N3O5/c1-4-21(5-2)16(24)12-27-18(26)19-11-10-15(23)22(19)14-9-7-6-8-13(14)17(25)20(19)3/h6-9H,4-5,10-12H2,1-3H3/t19-/m1/s1. The molecule has 2 aliphatic rings. The molecule has 0 saturated carbocycles. The van der Waals surface area contributed by atoms with Gasteiger partial charge in [0.25, 0.3) is 11.8 Å². The second kappa shape index (κ2) is 7.02. The number of likely N-dealkylation sites (N-methyl/N-ethyl adjacent to an activating group) is 2. The van der Waals surface area contributed by atoms with E-state index in [0.29, 0.717) is 24.3 Å². The zero-order chi connectivity index (χ0) is 19.8. The lowest BCUT2D eigenvalue weighted by atomic mass is 9.97. The Morgan fingerprint density at radius 1 is 1.19 bits per heavy atom. The van der Waals surface area contributed by atoms with E-state index >= 15 is 0 Å². The van der Waals surface area contributed by atoms with Crippen molar-refractivity contribution in [2.75, 3.05) is 31.6 Å². The number of amides is 3. The molecule has 1 atom stereocenters. The lowest BCUT2D eigenvalue weighted by Crippen LogP contribution is -2.67. The van der Waals surface area contributed by atoms with Crippen molar-refractivity contribution in [1.82, 2.24) is 9.80 Å². The maximum absolute atomic E-state index is 13.0. The number of rotatable bonds is 5. The normalized spacial score (nSPS) is 21.0. The Labute approximate surface area is 157 Å². The monoisotopic (exact) mass is 373 g/mol. The van der Waals surface area contributed by atoms with Gasteiger partial charge in [0.05, 0.1) is 11.3 Å². The zero-order valence-electron chi connectivity index (χ0n) is 15.7. The molecule has 0 aliphatic carbocycles. The predicted molar refractivity (Wildman–Crippen MR) is 96.9 cm³/mol. The van der Waals surface area contributed by atoms with Crippen molar-refractivity contribution in [1.29, 1.82) is 0 Å². The average Bonchev–Trinajstić information content (AvgIpc) is 3.04. The number of para-hydroxylation sites is 1. The molecule has 144 valence electrons. The molecular weight excluding hydrogens is 350 g/mol. The number of benzene rings is 1. The van der Waals surface area contributed by atoms with E-state index in [1.165, 1.54) is 16.8 Å². The topological polar surface area (TPSA) is 87.2 Å². The molecule has 1 aromatic carbocycles.